The number of ether oxygens (including phenoxy) is 3. The molecule has 1 N–H and O–H groups in total. The van der Waals surface area contributed by atoms with E-state index in [1.54, 1.807) is 21.3 Å². The van der Waals surface area contributed by atoms with Gasteiger partial charge in [-0.05, 0) is 53.4 Å². The summed E-state index contributed by atoms with van der Waals surface area (Å²) in [6.07, 6.45) is 4.06. The minimum absolute atomic E-state index is 0.0123. The van der Waals surface area contributed by atoms with Crippen LogP contribution in [0.3, 0.4) is 0 Å². The zero-order valence-corrected chi connectivity index (χ0v) is 17.2. The van der Waals surface area contributed by atoms with Crippen molar-refractivity contribution in [2.75, 3.05) is 21.3 Å². The highest BCUT2D eigenvalue weighted by Gasteiger charge is 2.25. The standard InChI is InChI=1S/C24H23N3O3/c1-28-21-12-17(13-22(29-2)24(21)30-3)23-20-5-4-10-27(20)14-19(26-23)15-6-7-18-16(11-15)8-9-25-18/h4-13,19,25H,14H2,1-3H3. The molecule has 6 heteroatoms. The lowest BCUT2D eigenvalue weighted by atomic mass is 9.99. The molecule has 2 aromatic carbocycles. The van der Waals surface area contributed by atoms with Crippen LogP contribution < -0.4 is 14.2 Å². The fourth-order valence-corrected chi connectivity index (χ4v) is 4.14. The van der Waals surface area contributed by atoms with Gasteiger partial charge in [-0.3, -0.25) is 4.99 Å². The van der Waals surface area contributed by atoms with Crippen molar-refractivity contribution in [2.45, 2.75) is 12.6 Å². The summed E-state index contributed by atoms with van der Waals surface area (Å²) < 4.78 is 18.8. The monoisotopic (exact) mass is 401 g/mol. The molecule has 1 unspecified atom stereocenters. The molecular formula is C24H23N3O3. The molecular weight excluding hydrogens is 378 g/mol. The molecule has 0 saturated heterocycles. The first-order valence-electron chi connectivity index (χ1n) is 9.82. The van der Waals surface area contributed by atoms with E-state index >= 15 is 0 Å². The summed E-state index contributed by atoms with van der Waals surface area (Å²) in [5, 5.41) is 1.19. The third kappa shape index (κ3) is 2.92. The van der Waals surface area contributed by atoms with Crippen LogP contribution in [0.2, 0.25) is 0 Å². The van der Waals surface area contributed by atoms with Crippen LogP contribution in [0.1, 0.15) is 22.9 Å². The first-order chi connectivity index (χ1) is 14.7. The van der Waals surface area contributed by atoms with Gasteiger partial charge in [-0.15, -0.1) is 0 Å². The molecule has 0 spiro atoms. The molecule has 152 valence electrons. The summed E-state index contributed by atoms with van der Waals surface area (Å²) in [5.41, 5.74) is 5.22. The van der Waals surface area contributed by atoms with E-state index in [0.717, 1.165) is 29.0 Å². The highest BCUT2D eigenvalue weighted by molar-refractivity contribution is 6.13. The van der Waals surface area contributed by atoms with Crippen molar-refractivity contribution in [3.8, 4) is 17.2 Å². The number of H-pyrrole nitrogens is 1. The maximum atomic E-state index is 5.56. The second kappa shape index (κ2) is 7.30. The van der Waals surface area contributed by atoms with Crippen molar-refractivity contribution < 1.29 is 14.2 Å². The summed E-state index contributed by atoms with van der Waals surface area (Å²) >= 11 is 0. The molecule has 5 rings (SSSR count). The fraction of sp³-hybridized carbons (Fsp3) is 0.208. The first kappa shape index (κ1) is 18.4. The first-order valence-corrected chi connectivity index (χ1v) is 9.82. The average molecular weight is 401 g/mol. The Morgan fingerprint density at radius 1 is 0.967 bits per heavy atom. The van der Waals surface area contributed by atoms with E-state index in [9.17, 15) is 0 Å². The smallest absolute Gasteiger partial charge is 0.203 e. The van der Waals surface area contributed by atoms with Gasteiger partial charge in [0.15, 0.2) is 11.5 Å². The quantitative estimate of drug-likeness (QED) is 0.532. The van der Waals surface area contributed by atoms with Gasteiger partial charge in [0.25, 0.3) is 0 Å². The third-order valence-corrected chi connectivity index (χ3v) is 5.63. The number of aliphatic imine (C=N–C) groups is 1. The zero-order valence-electron chi connectivity index (χ0n) is 17.2. The highest BCUT2D eigenvalue weighted by Crippen LogP contribution is 2.40. The average Bonchev–Trinajstić information content (AvgIpc) is 3.45. The Balaban J connectivity index is 1.65. The van der Waals surface area contributed by atoms with Gasteiger partial charge in [-0.25, -0.2) is 0 Å². The van der Waals surface area contributed by atoms with Crippen molar-refractivity contribution in [1.29, 1.82) is 0 Å². The van der Waals surface area contributed by atoms with Crippen LogP contribution in [0, 0.1) is 0 Å². The number of benzene rings is 2. The number of rotatable bonds is 5. The van der Waals surface area contributed by atoms with E-state index in [4.69, 9.17) is 19.2 Å². The van der Waals surface area contributed by atoms with Gasteiger partial charge in [0, 0.05) is 30.0 Å². The van der Waals surface area contributed by atoms with Crippen LogP contribution >= 0.6 is 0 Å². The van der Waals surface area contributed by atoms with Crippen molar-refractivity contribution in [3.05, 3.63) is 77.7 Å². The van der Waals surface area contributed by atoms with Crippen LogP contribution in [0.5, 0.6) is 17.2 Å². The Labute approximate surface area is 174 Å². The normalized spacial score (nSPS) is 15.6. The predicted molar refractivity (Wildman–Crippen MR) is 117 cm³/mol. The Morgan fingerprint density at radius 2 is 1.77 bits per heavy atom. The number of methoxy groups -OCH3 is 3. The van der Waals surface area contributed by atoms with Gasteiger partial charge >= 0.3 is 0 Å². The van der Waals surface area contributed by atoms with Crippen LogP contribution in [0.25, 0.3) is 10.9 Å². The maximum Gasteiger partial charge on any atom is 0.203 e. The minimum Gasteiger partial charge on any atom is -0.493 e. The van der Waals surface area contributed by atoms with Crippen LogP contribution in [-0.2, 0) is 6.54 Å². The van der Waals surface area contributed by atoms with Crippen molar-refractivity contribution in [2.24, 2.45) is 4.99 Å². The molecule has 1 aliphatic heterocycles. The van der Waals surface area contributed by atoms with E-state index in [-0.39, 0.29) is 6.04 Å². The highest BCUT2D eigenvalue weighted by atomic mass is 16.5. The van der Waals surface area contributed by atoms with E-state index in [1.165, 1.54) is 10.9 Å². The molecule has 30 heavy (non-hydrogen) atoms. The lowest BCUT2D eigenvalue weighted by Crippen LogP contribution is -2.21. The van der Waals surface area contributed by atoms with Crippen molar-refractivity contribution >= 4 is 16.6 Å². The molecule has 0 saturated carbocycles. The van der Waals surface area contributed by atoms with Crippen molar-refractivity contribution in [1.82, 2.24) is 9.55 Å². The number of nitrogens with zero attached hydrogens (tertiary/aromatic N) is 2. The van der Waals surface area contributed by atoms with Gasteiger partial charge in [0.2, 0.25) is 5.75 Å². The van der Waals surface area contributed by atoms with Crippen LogP contribution in [-0.4, -0.2) is 36.6 Å². The molecule has 2 aromatic heterocycles. The molecule has 0 bridgehead atoms. The molecule has 1 atom stereocenters. The number of aromatic nitrogens is 2. The second-order valence-electron chi connectivity index (χ2n) is 7.28. The largest absolute Gasteiger partial charge is 0.493 e. The second-order valence-corrected chi connectivity index (χ2v) is 7.28. The van der Waals surface area contributed by atoms with E-state index in [1.807, 2.05) is 18.3 Å². The van der Waals surface area contributed by atoms with E-state index in [0.29, 0.717) is 17.2 Å². The summed E-state index contributed by atoms with van der Waals surface area (Å²) in [6.45, 7) is 0.798. The summed E-state index contributed by atoms with van der Waals surface area (Å²) in [4.78, 5) is 8.42. The summed E-state index contributed by atoms with van der Waals surface area (Å²) in [6, 6.07) is 16.6. The fourth-order valence-electron chi connectivity index (χ4n) is 4.14. The topological polar surface area (TPSA) is 60.8 Å². The minimum atomic E-state index is 0.0123. The number of hydrogen-bond acceptors (Lipinski definition) is 4. The Bertz CT molecular complexity index is 1230. The van der Waals surface area contributed by atoms with Gasteiger partial charge in [0.05, 0.1) is 38.8 Å². The van der Waals surface area contributed by atoms with E-state index < -0.39 is 0 Å². The number of hydrogen-bond donors (Lipinski definition) is 1. The lowest BCUT2D eigenvalue weighted by molar-refractivity contribution is 0.324. The predicted octanol–water partition coefficient (Wildman–Crippen LogP) is 4.59. The molecule has 0 fully saturated rings. The van der Waals surface area contributed by atoms with Gasteiger partial charge in [0.1, 0.15) is 0 Å². The van der Waals surface area contributed by atoms with Gasteiger partial charge < -0.3 is 23.8 Å². The number of nitrogens with one attached hydrogen (secondary N) is 1. The molecule has 0 radical (unpaired) electrons. The van der Waals surface area contributed by atoms with Crippen LogP contribution in [0.15, 0.2) is 65.9 Å². The zero-order chi connectivity index (χ0) is 20.7. The summed E-state index contributed by atoms with van der Waals surface area (Å²) in [7, 11) is 4.86. The molecule has 4 aromatic rings. The van der Waals surface area contributed by atoms with Gasteiger partial charge in [-0.1, -0.05) is 6.07 Å². The van der Waals surface area contributed by atoms with E-state index in [2.05, 4.69) is 52.1 Å². The molecule has 3 heterocycles. The van der Waals surface area contributed by atoms with Crippen LogP contribution in [0.4, 0.5) is 0 Å². The molecule has 0 aliphatic carbocycles. The Hall–Kier alpha value is -3.67. The number of fused-ring (bicyclic) bond motifs is 2. The Morgan fingerprint density at radius 3 is 2.50 bits per heavy atom. The third-order valence-electron chi connectivity index (χ3n) is 5.63. The SMILES string of the molecule is COc1cc(C2=NC(c3ccc4[nH]ccc4c3)Cn3cccc32)cc(OC)c1OC. The summed E-state index contributed by atoms with van der Waals surface area (Å²) in [5.74, 6) is 1.80. The maximum absolute atomic E-state index is 5.56. The molecule has 1 aliphatic rings. The van der Waals surface area contributed by atoms with Gasteiger partial charge in [-0.2, -0.15) is 0 Å². The Kier molecular flexibility index (Phi) is 4.47. The molecule has 6 nitrogen and oxygen atoms in total. The number of aromatic amines is 1. The lowest BCUT2D eigenvalue weighted by Gasteiger charge is -2.25. The molecule has 0 amide bonds. The van der Waals surface area contributed by atoms with Crippen molar-refractivity contribution in [3.63, 3.8) is 0 Å².